The van der Waals surface area contributed by atoms with Crippen molar-refractivity contribution in [2.75, 3.05) is 45.8 Å². The number of piperazine rings is 1. The topological polar surface area (TPSA) is 64.7 Å². The fourth-order valence-corrected chi connectivity index (χ4v) is 3.43. The lowest BCUT2D eigenvalue weighted by molar-refractivity contribution is -0.184. The van der Waals surface area contributed by atoms with E-state index in [2.05, 4.69) is 10.6 Å². The van der Waals surface area contributed by atoms with Gasteiger partial charge in [0.15, 0.2) is 0 Å². The van der Waals surface area contributed by atoms with Crippen LogP contribution in [0.1, 0.15) is 26.2 Å². The van der Waals surface area contributed by atoms with Crippen molar-refractivity contribution in [1.82, 2.24) is 20.4 Å². The minimum absolute atomic E-state index is 0.0218. The number of alkyl halides is 3. The lowest BCUT2D eigenvalue weighted by atomic mass is 9.96. The molecule has 2 aliphatic heterocycles. The summed E-state index contributed by atoms with van der Waals surface area (Å²) >= 11 is 0. The summed E-state index contributed by atoms with van der Waals surface area (Å²) in [5, 5.41) is 5.50. The molecule has 2 unspecified atom stereocenters. The van der Waals surface area contributed by atoms with Gasteiger partial charge in [0.1, 0.15) is 6.04 Å². The molecule has 25 heavy (non-hydrogen) atoms. The molecule has 0 bridgehead atoms. The van der Waals surface area contributed by atoms with Crippen molar-refractivity contribution in [2.24, 2.45) is 5.92 Å². The molecule has 0 spiro atoms. The average Bonchev–Trinajstić information content (AvgIpc) is 2.61. The summed E-state index contributed by atoms with van der Waals surface area (Å²) in [6, 6.07) is -1.67. The molecule has 6 nitrogen and oxygen atoms in total. The number of amides is 2. The molecule has 2 fully saturated rings. The number of likely N-dealkylation sites (tertiary alicyclic amines) is 1. The molecule has 2 amide bonds. The van der Waals surface area contributed by atoms with Gasteiger partial charge >= 0.3 is 6.18 Å². The van der Waals surface area contributed by atoms with Crippen molar-refractivity contribution in [3.05, 3.63) is 0 Å². The summed E-state index contributed by atoms with van der Waals surface area (Å²) in [5.41, 5.74) is 0. The van der Waals surface area contributed by atoms with Gasteiger partial charge in [-0.3, -0.25) is 14.5 Å². The van der Waals surface area contributed by atoms with E-state index in [1.165, 1.54) is 4.90 Å². The molecule has 0 aromatic rings. The van der Waals surface area contributed by atoms with Crippen molar-refractivity contribution in [3.63, 3.8) is 0 Å². The van der Waals surface area contributed by atoms with Crippen LogP contribution in [0.15, 0.2) is 0 Å². The molecule has 2 saturated heterocycles. The summed E-state index contributed by atoms with van der Waals surface area (Å²) in [4.78, 5) is 27.1. The van der Waals surface area contributed by atoms with Crippen LogP contribution in [-0.4, -0.2) is 79.6 Å². The van der Waals surface area contributed by atoms with Gasteiger partial charge < -0.3 is 15.5 Å². The highest BCUT2D eigenvalue weighted by molar-refractivity contribution is 5.81. The Balaban J connectivity index is 1.90. The van der Waals surface area contributed by atoms with Gasteiger partial charge in [-0.25, -0.2) is 0 Å². The van der Waals surface area contributed by atoms with Crippen molar-refractivity contribution >= 4 is 11.8 Å². The highest BCUT2D eigenvalue weighted by Gasteiger charge is 2.44. The minimum Gasteiger partial charge on any atom is -0.354 e. The molecular weight excluding hydrogens is 337 g/mol. The molecule has 0 aromatic carbocycles. The van der Waals surface area contributed by atoms with Gasteiger partial charge in [0.05, 0.1) is 5.92 Å². The Morgan fingerprint density at radius 3 is 2.52 bits per heavy atom. The lowest BCUT2D eigenvalue weighted by Crippen LogP contribution is -2.58. The van der Waals surface area contributed by atoms with E-state index in [1.807, 2.05) is 0 Å². The van der Waals surface area contributed by atoms with E-state index in [0.717, 1.165) is 0 Å². The molecule has 2 atom stereocenters. The molecule has 2 heterocycles. The van der Waals surface area contributed by atoms with Crippen LogP contribution >= 0.6 is 0 Å². The zero-order valence-corrected chi connectivity index (χ0v) is 14.6. The predicted octanol–water partition coefficient (Wildman–Crippen LogP) is 0.587. The maximum absolute atomic E-state index is 13.3. The summed E-state index contributed by atoms with van der Waals surface area (Å²) in [5.74, 6) is -0.842. The monoisotopic (exact) mass is 364 g/mol. The highest BCUT2D eigenvalue weighted by atomic mass is 19.4. The predicted molar refractivity (Wildman–Crippen MR) is 86.9 cm³/mol. The number of nitrogens with one attached hydrogen (secondary N) is 2. The second-order valence-electron chi connectivity index (χ2n) is 6.62. The molecule has 0 aromatic heterocycles. The van der Waals surface area contributed by atoms with Crippen molar-refractivity contribution in [1.29, 1.82) is 0 Å². The SMILES string of the molecule is CCC(=O)N1CCCC(C(=O)NCC(N2CCNCC2)C(F)(F)F)C1. The minimum atomic E-state index is -4.39. The molecule has 0 aliphatic carbocycles. The maximum Gasteiger partial charge on any atom is 0.405 e. The van der Waals surface area contributed by atoms with Crippen molar-refractivity contribution in [2.45, 2.75) is 38.4 Å². The Morgan fingerprint density at radius 1 is 1.24 bits per heavy atom. The van der Waals surface area contributed by atoms with E-state index < -0.39 is 30.6 Å². The van der Waals surface area contributed by atoms with E-state index in [1.54, 1.807) is 11.8 Å². The smallest absolute Gasteiger partial charge is 0.354 e. The summed E-state index contributed by atoms with van der Waals surface area (Å²) in [6.45, 7) is 3.86. The lowest BCUT2D eigenvalue weighted by Gasteiger charge is -2.36. The van der Waals surface area contributed by atoms with Crippen LogP contribution in [0.2, 0.25) is 0 Å². The van der Waals surface area contributed by atoms with Gasteiger partial charge in [-0.15, -0.1) is 0 Å². The van der Waals surface area contributed by atoms with Crippen LogP contribution in [0, 0.1) is 5.92 Å². The Bertz CT molecular complexity index is 467. The number of hydrogen-bond acceptors (Lipinski definition) is 4. The molecule has 9 heteroatoms. The molecular formula is C16H27F3N4O2. The maximum atomic E-state index is 13.3. The number of nitrogens with zero attached hydrogens (tertiary/aromatic N) is 2. The van der Waals surface area contributed by atoms with Gasteiger partial charge in [-0.2, -0.15) is 13.2 Å². The number of halogens is 3. The fourth-order valence-electron chi connectivity index (χ4n) is 3.43. The van der Waals surface area contributed by atoms with E-state index in [9.17, 15) is 22.8 Å². The van der Waals surface area contributed by atoms with Gasteiger partial charge in [-0.1, -0.05) is 6.92 Å². The van der Waals surface area contributed by atoms with Crippen molar-refractivity contribution in [3.8, 4) is 0 Å². The number of piperidine rings is 1. The first kappa shape index (κ1) is 20.0. The highest BCUT2D eigenvalue weighted by Crippen LogP contribution is 2.25. The second kappa shape index (κ2) is 8.84. The van der Waals surface area contributed by atoms with Crippen LogP contribution in [-0.2, 0) is 9.59 Å². The van der Waals surface area contributed by atoms with Gasteiger partial charge in [0, 0.05) is 52.2 Å². The van der Waals surface area contributed by atoms with Gasteiger partial charge in [0.25, 0.3) is 0 Å². The second-order valence-corrected chi connectivity index (χ2v) is 6.62. The van der Waals surface area contributed by atoms with Crippen molar-refractivity contribution < 1.29 is 22.8 Å². The van der Waals surface area contributed by atoms with Gasteiger partial charge in [-0.05, 0) is 12.8 Å². The van der Waals surface area contributed by atoms with E-state index in [0.29, 0.717) is 58.5 Å². The first-order chi connectivity index (χ1) is 11.8. The normalized spacial score (nSPS) is 24.0. The zero-order valence-electron chi connectivity index (χ0n) is 14.6. The van der Waals surface area contributed by atoms with E-state index in [4.69, 9.17) is 0 Å². The summed E-state index contributed by atoms with van der Waals surface area (Å²) in [7, 11) is 0. The summed E-state index contributed by atoms with van der Waals surface area (Å²) < 4.78 is 40.0. The van der Waals surface area contributed by atoms with Crippen LogP contribution in [0.5, 0.6) is 0 Å². The third-order valence-electron chi connectivity index (χ3n) is 4.89. The van der Waals surface area contributed by atoms with E-state index in [-0.39, 0.29) is 5.91 Å². The summed E-state index contributed by atoms with van der Waals surface area (Å²) in [6.07, 6.45) is -2.72. The Hall–Kier alpha value is -1.35. The van der Waals surface area contributed by atoms with Crippen LogP contribution in [0.25, 0.3) is 0 Å². The quantitative estimate of drug-likeness (QED) is 0.749. The fraction of sp³-hybridized carbons (Fsp3) is 0.875. The molecule has 2 N–H and O–H groups in total. The third kappa shape index (κ3) is 5.57. The Morgan fingerprint density at radius 2 is 1.92 bits per heavy atom. The third-order valence-corrected chi connectivity index (χ3v) is 4.89. The van der Waals surface area contributed by atoms with Crippen LogP contribution < -0.4 is 10.6 Å². The standard InChI is InChI=1S/C16H27F3N4O2/c1-2-14(24)23-7-3-4-12(11-23)15(25)21-10-13(16(17,18)19)22-8-5-20-6-9-22/h12-13,20H,2-11H2,1H3,(H,21,25). The molecule has 2 rings (SSSR count). The molecule has 0 saturated carbocycles. The largest absolute Gasteiger partial charge is 0.405 e. The first-order valence-electron chi connectivity index (χ1n) is 8.90. The zero-order chi connectivity index (χ0) is 18.4. The van der Waals surface area contributed by atoms with Crippen LogP contribution in [0.3, 0.4) is 0 Å². The Kier molecular flexibility index (Phi) is 7.06. The number of rotatable bonds is 5. The number of carbonyl (C=O) groups excluding carboxylic acids is 2. The average molecular weight is 364 g/mol. The molecule has 144 valence electrons. The number of carbonyl (C=O) groups is 2. The van der Waals surface area contributed by atoms with Gasteiger partial charge in [0.2, 0.25) is 11.8 Å². The number of hydrogen-bond donors (Lipinski definition) is 2. The molecule has 0 radical (unpaired) electrons. The first-order valence-corrected chi connectivity index (χ1v) is 8.90. The van der Waals surface area contributed by atoms with Crippen LogP contribution in [0.4, 0.5) is 13.2 Å². The van der Waals surface area contributed by atoms with E-state index >= 15 is 0 Å². The Labute approximate surface area is 146 Å². The molecule has 2 aliphatic rings.